The topological polar surface area (TPSA) is 88.1 Å². The lowest BCUT2D eigenvalue weighted by atomic mass is 10.1. The zero-order valence-corrected chi connectivity index (χ0v) is 14.1. The molecule has 138 valence electrons. The molecule has 2 N–H and O–H groups in total. The molecule has 1 aromatic carbocycles. The van der Waals surface area contributed by atoms with E-state index in [1.165, 1.54) is 12.1 Å². The number of nitrogens with zero attached hydrogens (tertiary/aromatic N) is 1. The van der Waals surface area contributed by atoms with Crippen molar-refractivity contribution in [1.82, 2.24) is 10.2 Å². The van der Waals surface area contributed by atoms with Gasteiger partial charge in [0.25, 0.3) is 0 Å². The fourth-order valence-corrected chi connectivity index (χ4v) is 2.67. The summed E-state index contributed by atoms with van der Waals surface area (Å²) in [5.41, 5.74) is 0.908. The Morgan fingerprint density at radius 2 is 2.12 bits per heavy atom. The van der Waals surface area contributed by atoms with E-state index in [0.29, 0.717) is 19.6 Å². The maximum atomic E-state index is 12.9. The van der Waals surface area contributed by atoms with Gasteiger partial charge in [-0.1, -0.05) is 12.1 Å². The minimum absolute atomic E-state index is 0.167. The molecule has 0 unspecified atom stereocenters. The molecule has 0 spiro atoms. The highest BCUT2D eigenvalue weighted by atomic mass is 19.1. The van der Waals surface area contributed by atoms with Crippen LogP contribution in [0.15, 0.2) is 24.3 Å². The molecular weight excluding hydrogens is 331 g/mol. The van der Waals surface area contributed by atoms with Crippen molar-refractivity contribution in [3.05, 3.63) is 35.6 Å². The van der Waals surface area contributed by atoms with Crippen LogP contribution in [0.1, 0.15) is 12.0 Å². The number of halogens is 1. The monoisotopic (exact) mass is 354 g/mol. The molecule has 1 aromatic rings. The van der Waals surface area contributed by atoms with Gasteiger partial charge >= 0.3 is 5.97 Å². The second kappa shape index (κ2) is 9.45. The van der Waals surface area contributed by atoms with Crippen LogP contribution in [0.2, 0.25) is 0 Å². The van der Waals surface area contributed by atoms with E-state index in [2.05, 4.69) is 5.32 Å². The average Bonchev–Trinajstić information content (AvgIpc) is 2.56. The third-order valence-corrected chi connectivity index (χ3v) is 3.85. The highest BCUT2D eigenvalue weighted by Crippen LogP contribution is 2.12. The van der Waals surface area contributed by atoms with E-state index in [1.807, 2.05) is 4.90 Å². The van der Waals surface area contributed by atoms with Gasteiger partial charge in [-0.2, -0.15) is 0 Å². The summed E-state index contributed by atoms with van der Waals surface area (Å²) >= 11 is 0. The van der Waals surface area contributed by atoms with Crippen LogP contribution in [0.25, 0.3) is 0 Å². The van der Waals surface area contributed by atoms with E-state index in [0.717, 1.165) is 5.56 Å². The standard InChI is InChI=1S/C17H23FN2O5/c1-20(8-12-2-4-13(18)5-3-12)9-16(21)19-14-6-7-24-10-15(14)25-11-17(22)23/h2-5,14-15H,6-11H2,1H3,(H,19,21)(H,22,23)/t14-,15-/m1/s1. The number of rotatable bonds is 8. The summed E-state index contributed by atoms with van der Waals surface area (Å²) in [4.78, 5) is 24.7. The summed E-state index contributed by atoms with van der Waals surface area (Å²) < 4.78 is 23.5. The Balaban J connectivity index is 1.80. The maximum absolute atomic E-state index is 12.9. The molecule has 1 heterocycles. The SMILES string of the molecule is CN(CC(=O)N[C@@H]1CCOC[C@H]1OCC(=O)O)Cc1ccc(F)cc1. The molecular formula is C17H23FN2O5. The lowest BCUT2D eigenvalue weighted by Crippen LogP contribution is -2.52. The Kier molecular flexibility index (Phi) is 7.30. The van der Waals surface area contributed by atoms with Crippen molar-refractivity contribution >= 4 is 11.9 Å². The van der Waals surface area contributed by atoms with Gasteiger partial charge in [0.05, 0.1) is 19.2 Å². The number of aliphatic carboxylic acids is 1. The Hall–Kier alpha value is -2.03. The van der Waals surface area contributed by atoms with E-state index in [9.17, 15) is 14.0 Å². The molecule has 1 aliphatic rings. The second-order valence-corrected chi connectivity index (χ2v) is 6.08. The highest BCUT2D eigenvalue weighted by Gasteiger charge is 2.28. The summed E-state index contributed by atoms with van der Waals surface area (Å²) in [6.07, 6.45) is 0.0914. The average molecular weight is 354 g/mol. The van der Waals surface area contributed by atoms with Gasteiger partial charge in [-0.05, 0) is 31.2 Å². The summed E-state index contributed by atoms with van der Waals surface area (Å²) in [5, 5.41) is 11.6. The van der Waals surface area contributed by atoms with Crippen LogP contribution in [0.5, 0.6) is 0 Å². The predicted octanol–water partition coefficient (Wildman–Crippen LogP) is 0.632. The van der Waals surface area contributed by atoms with Crippen molar-refractivity contribution in [2.24, 2.45) is 0 Å². The first-order chi connectivity index (χ1) is 11.9. The van der Waals surface area contributed by atoms with Crippen molar-refractivity contribution in [2.75, 3.05) is 33.4 Å². The number of hydrogen-bond donors (Lipinski definition) is 2. The van der Waals surface area contributed by atoms with Crippen LogP contribution in [-0.2, 0) is 25.6 Å². The van der Waals surface area contributed by atoms with Gasteiger partial charge in [0, 0.05) is 13.2 Å². The molecule has 0 aromatic heterocycles. The van der Waals surface area contributed by atoms with Crippen LogP contribution in [0, 0.1) is 5.82 Å². The van der Waals surface area contributed by atoms with Gasteiger partial charge in [0.15, 0.2) is 0 Å². The molecule has 1 fully saturated rings. The summed E-state index contributed by atoms with van der Waals surface area (Å²) in [6, 6.07) is 5.85. The predicted molar refractivity (Wildman–Crippen MR) is 87.5 cm³/mol. The number of carbonyl (C=O) groups is 2. The first-order valence-electron chi connectivity index (χ1n) is 8.07. The molecule has 7 nitrogen and oxygen atoms in total. The lowest BCUT2D eigenvalue weighted by molar-refractivity contribution is -0.149. The van der Waals surface area contributed by atoms with E-state index >= 15 is 0 Å². The molecule has 8 heteroatoms. The summed E-state index contributed by atoms with van der Waals surface area (Å²) in [5.74, 6) is -1.54. The van der Waals surface area contributed by atoms with E-state index in [1.54, 1.807) is 19.2 Å². The zero-order chi connectivity index (χ0) is 18.2. The number of hydrogen-bond acceptors (Lipinski definition) is 5. The number of carboxylic acids is 1. The summed E-state index contributed by atoms with van der Waals surface area (Å²) in [6.45, 7) is 0.999. The van der Waals surface area contributed by atoms with Gasteiger partial charge in [-0.15, -0.1) is 0 Å². The molecule has 0 aliphatic carbocycles. The third-order valence-electron chi connectivity index (χ3n) is 3.85. The highest BCUT2D eigenvalue weighted by molar-refractivity contribution is 5.78. The van der Waals surface area contributed by atoms with Crippen LogP contribution in [-0.4, -0.2) is 67.4 Å². The smallest absolute Gasteiger partial charge is 0.329 e. The van der Waals surface area contributed by atoms with E-state index < -0.39 is 18.7 Å². The number of carboxylic acid groups (broad SMARTS) is 1. The van der Waals surface area contributed by atoms with Crippen LogP contribution in [0.4, 0.5) is 4.39 Å². The molecule has 1 amide bonds. The maximum Gasteiger partial charge on any atom is 0.329 e. The minimum atomic E-state index is -1.06. The Labute approximate surface area is 145 Å². The number of benzene rings is 1. The molecule has 2 rings (SSSR count). The number of likely N-dealkylation sites (N-methyl/N-ethyl adjacent to an activating group) is 1. The number of carbonyl (C=O) groups excluding carboxylic acids is 1. The van der Waals surface area contributed by atoms with Crippen molar-refractivity contribution in [1.29, 1.82) is 0 Å². The van der Waals surface area contributed by atoms with Crippen molar-refractivity contribution in [3.8, 4) is 0 Å². The molecule has 25 heavy (non-hydrogen) atoms. The summed E-state index contributed by atoms with van der Waals surface area (Å²) in [7, 11) is 1.80. The first kappa shape index (κ1) is 19.3. The normalized spacial score (nSPS) is 20.4. The largest absolute Gasteiger partial charge is 0.480 e. The number of amides is 1. The second-order valence-electron chi connectivity index (χ2n) is 6.08. The Morgan fingerprint density at radius 1 is 1.40 bits per heavy atom. The number of nitrogens with one attached hydrogen (secondary N) is 1. The first-order valence-corrected chi connectivity index (χ1v) is 8.07. The fraction of sp³-hybridized carbons (Fsp3) is 0.529. The zero-order valence-electron chi connectivity index (χ0n) is 14.1. The van der Waals surface area contributed by atoms with E-state index in [4.69, 9.17) is 14.6 Å². The molecule has 1 aliphatic heterocycles. The van der Waals surface area contributed by atoms with Gasteiger partial charge in [0.1, 0.15) is 18.5 Å². The van der Waals surface area contributed by atoms with Gasteiger partial charge in [-0.3, -0.25) is 9.69 Å². The van der Waals surface area contributed by atoms with Gasteiger partial charge in [-0.25, -0.2) is 9.18 Å². The quantitative estimate of drug-likeness (QED) is 0.712. The molecule has 0 bridgehead atoms. The molecule has 0 saturated carbocycles. The lowest BCUT2D eigenvalue weighted by Gasteiger charge is -2.32. The molecule has 1 saturated heterocycles. The Morgan fingerprint density at radius 3 is 2.80 bits per heavy atom. The third kappa shape index (κ3) is 6.77. The molecule has 2 atom stereocenters. The Bertz CT molecular complexity index is 581. The van der Waals surface area contributed by atoms with Crippen molar-refractivity contribution in [2.45, 2.75) is 25.1 Å². The minimum Gasteiger partial charge on any atom is -0.480 e. The van der Waals surface area contributed by atoms with Crippen molar-refractivity contribution < 1.29 is 28.6 Å². The van der Waals surface area contributed by atoms with Crippen LogP contribution < -0.4 is 5.32 Å². The van der Waals surface area contributed by atoms with E-state index in [-0.39, 0.29) is 30.9 Å². The van der Waals surface area contributed by atoms with Crippen LogP contribution in [0.3, 0.4) is 0 Å². The fourth-order valence-electron chi connectivity index (χ4n) is 2.67. The molecule has 0 radical (unpaired) electrons. The van der Waals surface area contributed by atoms with Gasteiger partial charge < -0.3 is 19.9 Å². The van der Waals surface area contributed by atoms with Gasteiger partial charge in [0.2, 0.25) is 5.91 Å². The number of ether oxygens (including phenoxy) is 2. The van der Waals surface area contributed by atoms with Crippen molar-refractivity contribution in [3.63, 3.8) is 0 Å². The van der Waals surface area contributed by atoms with Crippen LogP contribution >= 0.6 is 0 Å².